The van der Waals surface area contributed by atoms with E-state index in [1.165, 1.54) is 53.4 Å². The predicted octanol–water partition coefficient (Wildman–Crippen LogP) is 8.55. The number of rotatable bonds is 16. The number of fused-ring (bicyclic) bond motifs is 2. The summed E-state index contributed by atoms with van der Waals surface area (Å²) in [6.45, 7) is 4.46. The highest BCUT2D eigenvalue weighted by Crippen LogP contribution is 2.42. The summed E-state index contributed by atoms with van der Waals surface area (Å²) < 4.78 is 64.9. The normalized spacial score (nSPS) is 17.5. The van der Waals surface area contributed by atoms with Crippen LogP contribution in [0.25, 0.3) is 11.1 Å². The molecular formula is C52H55F3N8O11. The van der Waals surface area contributed by atoms with Crippen LogP contribution >= 0.6 is 0 Å². The minimum Gasteiger partial charge on any atom is -0.504 e. The predicted molar refractivity (Wildman–Crippen MR) is 266 cm³/mol. The molecule has 6 amide bonds. The number of carbonyl (C=O) groups is 6. The summed E-state index contributed by atoms with van der Waals surface area (Å²) >= 11 is 0. The van der Waals surface area contributed by atoms with Gasteiger partial charge in [0.15, 0.2) is 24.0 Å². The van der Waals surface area contributed by atoms with E-state index in [1.54, 1.807) is 76.2 Å². The average Bonchev–Trinajstić information content (AvgIpc) is 3.94. The molecule has 19 nitrogen and oxygen atoms in total. The summed E-state index contributed by atoms with van der Waals surface area (Å²) in [6, 6.07) is 17.4. The monoisotopic (exact) mass is 1020 g/mol. The highest BCUT2D eigenvalue weighted by molar-refractivity contribution is 6.07. The van der Waals surface area contributed by atoms with E-state index in [-0.39, 0.29) is 77.7 Å². The van der Waals surface area contributed by atoms with Gasteiger partial charge in [-0.05, 0) is 105 Å². The van der Waals surface area contributed by atoms with E-state index in [1.807, 2.05) is 0 Å². The maximum absolute atomic E-state index is 14.1. The number of nitrogens with one attached hydrogen (secondary N) is 4. The Labute approximate surface area is 423 Å². The van der Waals surface area contributed by atoms with Gasteiger partial charge in [-0.3, -0.25) is 24.0 Å². The molecule has 3 aromatic carbocycles. The number of anilines is 5. The van der Waals surface area contributed by atoms with Gasteiger partial charge in [-0.15, -0.1) is 0 Å². The van der Waals surface area contributed by atoms with E-state index in [0.29, 0.717) is 48.6 Å². The number of aryl methyl sites for hydroxylation is 2. The molecule has 2 unspecified atom stereocenters. The van der Waals surface area contributed by atoms with E-state index >= 15 is 0 Å². The van der Waals surface area contributed by atoms with Crippen molar-refractivity contribution in [2.75, 3.05) is 52.5 Å². The molecule has 2 saturated heterocycles. The number of hydrogen-bond donors (Lipinski definition) is 5. The second-order valence-electron chi connectivity index (χ2n) is 17.9. The number of phenolic OH excluding ortho intramolecular Hbond substituents is 1. The summed E-state index contributed by atoms with van der Waals surface area (Å²) in [5.74, 6) is -4.14. The first-order valence-corrected chi connectivity index (χ1v) is 24.0. The largest absolute Gasteiger partial charge is 0.504 e. The molecule has 3 aliphatic rings. The van der Waals surface area contributed by atoms with Gasteiger partial charge in [-0.2, -0.15) is 13.2 Å². The van der Waals surface area contributed by atoms with Crippen molar-refractivity contribution in [3.63, 3.8) is 0 Å². The minimum absolute atomic E-state index is 0.00123. The van der Waals surface area contributed by atoms with Gasteiger partial charge in [0.05, 0.1) is 29.6 Å². The third kappa shape index (κ3) is 12.2. The molecule has 390 valence electrons. The van der Waals surface area contributed by atoms with Crippen molar-refractivity contribution in [2.24, 2.45) is 14.1 Å². The Balaban J connectivity index is 0.850. The standard InChI is InChI=1S/C52H55F3N8O11/c1-4-22-73-51(70)63-39-28-43(42(64)27-37(39)48(68)62-21-7-5-10-38(62)49(63)74-45-12-6-8-23-72-45)71-24-9-11-44(65)56-36-26-41(61(3)30-36)47(67)57-33-15-13-31(14-16-33)32-25-40(60(2)29-32)46(66)58-34-17-19-35(20-18-34)59-50(69)52(53,54)55/h4,13-20,25-30,38,45,49,64H,1,5-12,21-24H2,2-3H3,(H,56,65)(H,57,67)(H,58,66)(H,59,69)/t38-,45?,49?/m0/s1. The Morgan fingerprint density at radius 1 is 0.797 bits per heavy atom. The SMILES string of the molecule is C=CCOC(=O)N1c2cc(OCCCC(=O)Nc3cc(C(=O)Nc4ccc(-c5cc(C(=O)Nc6ccc(NC(=O)C(F)(F)F)cc6)n(C)c5)cc4)n(C)c3)c(O)cc2C(=O)N2CCCC[C@H]2C1OC1CCCCO1. The Morgan fingerprint density at radius 2 is 1.45 bits per heavy atom. The lowest BCUT2D eigenvalue weighted by atomic mass is 10.00. The number of aromatic nitrogens is 2. The summed E-state index contributed by atoms with van der Waals surface area (Å²) in [7, 11) is 3.33. The summed E-state index contributed by atoms with van der Waals surface area (Å²) in [6.07, 6.45) is 2.07. The van der Waals surface area contributed by atoms with Crippen LogP contribution in [0.5, 0.6) is 11.5 Å². The van der Waals surface area contributed by atoms with Gasteiger partial charge in [0.1, 0.15) is 18.0 Å². The molecule has 2 aromatic heterocycles. The van der Waals surface area contributed by atoms with Gasteiger partial charge < -0.3 is 59.4 Å². The molecule has 0 spiro atoms. The van der Waals surface area contributed by atoms with E-state index in [0.717, 1.165) is 31.2 Å². The highest BCUT2D eigenvalue weighted by atomic mass is 19.4. The Morgan fingerprint density at radius 3 is 2.11 bits per heavy atom. The number of alkyl halides is 3. The molecule has 3 atom stereocenters. The number of nitrogens with zero attached hydrogens (tertiary/aromatic N) is 4. The molecule has 0 saturated carbocycles. The van der Waals surface area contributed by atoms with Crippen molar-refractivity contribution < 1.29 is 66.0 Å². The number of hydrogen-bond acceptors (Lipinski definition) is 11. The molecule has 8 rings (SSSR count). The van der Waals surface area contributed by atoms with Crippen molar-refractivity contribution in [1.82, 2.24) is 14.0 Å². The van der Waals surface area contributed by atoms with Crippen LogP contribution in [0.4, 0.5) is 46.4 Å². The maximum atomic E-state index is 14.1. The van der Waals surface area contributed by atoms with Gasteiger partial charge in [-0.1, -0.05) is 24.8 Å². The molecule has 5 aromatic rings. The van der Waals surface area contributed by atoms with Crippen LogP contribution in [0.3, 0.4) is 0 Å². The summed E-state index contributed by atoms with van der Waals surface area (Å²) in [5, 5.41) is 21.2. The van der Waals surface area contributed by atoms with Crippen LogP contribution in [0.2, 0.25) is 0 Å². The van der Waals surface area contributed by atoms with Crippen molar-refractivity contribution in [1.29, 1.82) is 0 Å². The first kappa shape index (κ1) is 52.2. The lowest BCUT2D eigenvalue weighted by Gasteiger charge is -2.42. The van der Waals surface area contributed by atoms with Crippen LogP contribution in [0, 0.1) is 0 Å². The molecule has 0 bridgehead atoms. The number of piperidine rings is 1. The zero-order chi connectivity index (χ0) is 52.7. The Hall–Kier alpha value is -8.11. The van der Waals surface area contributed by atoms with Gasteiger partial charge >= 0.3 is 18.2 Å². The summed E-state index contributed by atoms with van der Waals surface area (Å²) in [5.41, 5.74) is 3.21. The van der Waals surface area contributed by atoms with Crippen LogP contribution in [-0.4, -0.2) is 106 Å². The molecular weight excluding hydrogens is 970 g/mol. The lowest BCUT2D eigenvalue weighted by molar-refractivity contribution is -0.198. The molecule has 74 heavy (non-hydrogen) atoms. The van der Waals surface area contributed by atoms with Crippen LogP contribution in [-0.2, 0) is 37.9 Å². The maximum Gasteiger partial charge on any atom is 0.471 e. The molecule has 3 aliphatic heterocycles. The van der Waals surface area contributed by atoms with E-state index < -0.39 is 48.6 Å². The van der Waals surface area contributed by atoms with Crippen molar-refractivity contribution in [3.8, 4) is 22.6 Å². The fourth-order valence-electron chi connectivity index (χ4n) is 8.96. The smallest absolute Gasteiger partial charge is 0.471 e. The van der Waals surface area contributed by atoms with Crippen molar-refractivity contribution >= 4 is 64.1 Å². The Bertz CT molecular complexity index is 2910. The second-order valence-corrected chi connectivity index (χ2v) is 17.9. The summed E-state index contributed by atoms with van der Waals surface area (Å²) in [4.78, 5) is 81.8. The van der Waals surface area contributed by atoms with Gasteiger partial charge in [0.25, 0.3) is 17.7 Å². The number of carbonyl (C=O) groups excluding carboxylic acids is 6. The topological polar surface area (TPSA) is 224 Å². The number of amides is 6. The van der Waals surface area contributed by atoms with E-state index in [2.05, 4.69) is 22.5 Å². The van der Waals surface area contributed by atoms with E-state index in [4.69, 9.17) is 18.9 Å². The van der Waals surface area contributed by atoms with Crippen LogP contribution in [0.1, 0.15) is 82.7 Å². The average molecular weight is 1030 g/mol. The van der Waals surface area contributed by atoms with E-state index in [9.17, 15) is 47.0 Å². The van der Waals surface area contributed by atoms with Crippen LogP contribution < -0.4 is 30.9 Å². The highest BCUT2D eigenvalue weighted by Gasteiger charge is 2.47. The fraction of sp³-hybridized carbons (Fsp3) is 0.346. The zero-order valence-corrected chi connectivity index (χ0v) is 40.5. The molecule has 0 aliphatic carbocycles. The number of halogens is 3. The lowest BCUT2D eigenvalue weighted by Crippen LogP contribution is -2.57. The zero-order valence-electron chi connectivity index (χ0n) is 40.5. The van der Waals surface area contributed by atoms with Gasteiger partial charge in [0.2, 0.25) is 5.91 Å². The molecule has 5 N–H and O–H groups in total. The molecule has 5 heterocycles. The van der Waals surface area contributed by atoms with Gasteiger partial charge in [-0.25, -0.2) is 9.69 Å². The first-order valence-electron chi connectivity index (χ1n) is 24.0. The molecule has 2 fully saturated rings. The third-order valence-corrected chi connectivity index (χ3v) is 12.6. The quantitative estimate of drug-likeness (QED) is 0.0465. The molecule has 22 heteroatoms. The van der Waals surface area contributed by atoms with Crippen LogP contribution in [0.15, 0.2) is 97.8 Å². The third-order valence-electron chi connectivity index (χ3n) is 12.6. The minimum atomic E-state index is -5.04. The second kappa shape index (κ2) is 22.8. The first-order chi connectivity index (χ1) is 35.5. The fourth-order valence-corrected chi connectivity index (χ4v) is 8.96. The number of phenols is 1. The molecule has 0 radical (unpaired) electrons. The van der Waals surface area contributed by atoms with Gasteiger partial charge in [0, 0.05) is 74.8 Å². The Kier molecular flexibility index (Phi) is 16.1. The number of aromatic hydroxyl groups is 1. The van der Waals surface area contributed by atoms with Crippen molar-refractivity contribution in [2.45, 2.75) is 76.1 Å². The number of benzene rings is 3. The van der Waals surface area contributed by atoms with Crippen molar-refractivity contribution in [3.05, 3.63) is 115 Å². The number of ether oxygens (including phenoxy) is 4.